The molecule has 0 spiro atoms. The zero-order valence-corrected chi connectivity index (χ0v) is 8.10. The maximum atomic E-state index is 12.1. The minimum Gasteiger partial charge on any atom is -0.770 e. The summed E-state index contributed by atoms with van der Waals surface area (Å²) in [5.74, 6) is -1.33. The molecule has 1 unspecified atom stereocenters. The van der Waals surface area contributed by atoms with E-state index in [1.54, 1.807) is 0 Å². The summed E-state index contributed by atoms with van der Waals surface area (Å²) >= 11 is 0. The number of rotatable bonds is 1. The highest BCUT2D eigenvalue weighted by Gasteiger charge is 2.67. The molecular weight excluding hydrogens is 184 g/mol. The number of esters is 1. The van der Waals surface area contributed by atoms with E-state index in [4.69, 9.17) is 9.47 Å². The van der Waals surface area contributed by atoms with Crippen molar-refractivity contribution >= 4 is 5.97 Å². The first kappa shape index (κ1) is 8.68. The van der Waals surface area contributed by atoms with Gasteiger partial charge in [-0.05, 0) is 31.1 Å². The molecule has 0 amide bonds. The molecule has 0 aromatic rings. The second kappa shape index (κ2) is 2.49. The molecule has 78 valence electrons. The molecular formula is C10H14O4. The van der Waals surface area contributed by atoms with E-state index in [2.05, 4.69) is 0 Å². The van der Waals surface area contributed by atoms with Crippen LogP contribution in [-0.4, -0.2) is 23.8 Å². The van der Waals surface area contributed by atoms with Crippen LogP contribution in [-0.2, 0) is 9.47 Å². The van der Waals surface area contributed by atoms with E-state index in [9.17, 15) is 9.90 Å². The van der Waals surface area contributed by atoms with E-state index in [0.29, 0.717) is 11.8 Å². The predicted molar refractivity (Wildman–Crippen MR) is 45.6 cm³/mol. The third-order valence-corrected chi connectivity index (χ3v) is 4.14. The quantitative estimate of drug-likeness (QED) is 0.334. The third-order valence-electron chi connectivity index (χ3n) is 4.14. The van der Waals surface area contributed by atoms with Crippen molar-refractivity contribution in [3.63, 3.8) is 0 Å². The van der Waals surface area contributed by atoms with Crippen molar-refractivity contribution in [3.05, 3.63) is 0 Å². The minimum atomic E-state index is -1.82. The summed E-state index contributed by atoms with van der Waals surface area (Å²) in [5.41, 5.74) is 0. The Morgan fingerprint density at radius 2 is 2.21 bits per heavy atom. The number of methoxy groups -OCH3 is 1. The van der Waals surface area contributed by atoms with Gasteiger partial charge in [0.15, 0.2) is 0 Å². The smallest absolute Gasteiger partial charge is 0.488 e. The van der Waals surface area contributed by atoms with Crippen molar-refractivity contribution in [1.82, 2.24) is 0 Å². The second-order valence-corrected chi connectivity index (χ2v) is 4.63. The summed E-state index contributed by atoms with van der Waals surface area (Å²) < 4.78 is 9.82. The molecule has 0 radical (unpaired) electrons. The Hall–Kier alpha value is -0.610. The summed E-state index contributed by atoms with van der Waals surface area (Å²) in [4.78, 5) is 9.60. The minimum absolute atomic E-state index is 0.0637. The average Bonchev–Trinajstić information content (AvgIpc) is 2.80. The van der Waals surface area contributed by atoms with E-state index < -0.39 is 5.97 Å². The molecule has 1 aliphatic heterocycles. The molecule has 1 saturated heterocycles. The Morgan fingerprint density at radius 1 is 1.50 bits per heavy atom. The van der Waals surface area contributed by atoms with Gasteiger partial charge in [-0.1, -0.05) is 0 Å². The summed E-state index contributed by atoms with van der Waals surface area (Å²) in [6.45, 7) is 0. The average molecular weight is 198 g/mol. The van der Waals surface area contributed by atoms with Crippen LogP contribution in [0.15, 0.2) is 0 Å². The van der Waals surface area contributed by atoms with Gasteiger partial charge in [0, 0.05) is 7.11 Å². The van der Waals surface area contributed by atoms with Gasteiger partial charge in [0.2, 0.25) is 0 Å². The van der Waals surface area contributed by atoms with Crippen LogP contribution in [0.3, 0.4) is 0 Å². The molecule has 4 nitrogen and oxygen atoms in total. The third kappa shape index (κ3) is 0.834. The van der Waals surface area contributed by atoms with Crippen LogP contribution in [0.4, 0.5) is 0 Å². The van der Waals surface area contributed by atoms with Gasteiger partial charge in [0.25, 0.3) is 5.97 Å². The topological polar surface area (TPSA) is 62.9 Å². The normalized spacial score (nSPS) is 54.9. The van der Waals surface area contributed by atoms with E-state index >= 15 is 0 Å². The lowest BCUT2D eigenvalue weighted by molar-refractivity contribution is -0.627. The lowest BCUT2D eigenvalue weighted by Crippen LogP contribution is -2.53. The molecule has 3 rings (SSSR count). The van der Waals surface area contributed by atoms with Crippen molar-refractivity contribution in [2.75, 3.05) is 7.11 Å². The first-order valence-electron chi connectivity index (χ1n) is 5.16. The molecule has 2 bridgehead atoms. The van der Waals surface area contributed by atoms with Crippen LogP contribution < -0.4 is 5.11 Å². The van der Waals surface area contributed by atoms with E-state index in [-0.39, 0.29) is 17.8 Å². The monoisotopic (exact) mass is 198 g/mol. The van der Waals surface area contributed by atoms with Gasteiger partial charge in [-0.25, -0.2) is 0 Å². The Balaban J connectivity index is 1.99. The maximum absolute atomic E-state index is 12.1. The molecule has 5 atom stereocenters. The maximum Gasteiger partial charge on any atom is 0.488 e. The zero-order valence-electron chi connectivity index (χ0n) is 8.10. The molecule has 0 aromatic carbocycles. The molecule has 1 N–H and O–H groups in total. The molecule has 3 fully saturated rings. The summed E-state index contributed by atoms with van der Waals surface area (Å²) in [6, 6.07) is 0. The fourth-order valence-electron chi connectivity index (χ4n) is 3.61. The molecule has 2 aliphatic carbocycles. The van der Waals surface area contributed by atoms with Gasteiger partial charge in [0.1, 0.15) is 5.92 Å². The lowest BCUT2D eigenvalue weighted by atomic mass is 9.79. The van der Waals surface area contributed by atoms with Crippen molar-refractivity contribution in [2.24, 2.45) is 23.7 Å². The first-order valence-corrected chi connectivity index (χ1v) is 5.16. The van der Waals surface area contributed by atoms with Crippen molar-refractivity contribution in [2.45, 2.75) is 25.2 Å². The van der Waals surface area contributed by atoms with Gasteiger partial charge >= 0.3 is 5.97 Å². The van der Waals surface area contributed by atoms with Crippen LogP contribution in [0.25, 0.3) is 0 Å². The van der Waals surface area contributed by atoms with Gasteiger partial charge in [0.05, 0.1) is 5.92 Å². The van der Waals surface area contributed by atoms with Gasteiger partial charge in [-0.15, -0.1) is 0 Å². The van der Waals surface area contributed by atoms with Gasteiger partial charge < -0.3 is 19.4 Å². The predicted octanol–water partition coefficient (Wildman–Crippen LogP) is -0.158. The van der Waals surface area contributed by atoms with Crippen molar-refractivity contribution in [3.8, 4) is 0 Å². The van der Waals surface area contributed by atoms with Crippen LogP contribution in [0.1, 0.15) is 19.3 Å². The highest BCUT2D eigenvalue weighted by Crippen LogP contribution is 2.59. The van der Waals surface area contributed by atoms with E-state index in [0.717, 1.165) is 19.3 Å². The standard InChI is InChI=1S/C10H13O4/c1-13-10(12)8-6-3-2-5(4-6)7(8)9(11)14-10/h5-8H,2-4H2,1H3/q-1/p+1/t5-,6+,7-,8+,10?/m1/s1. The largest absolute Gasteiger partial charge is 0.770 e. The number of cyclic esters (lactones) is 1. The molecule has 0 aromatic heterocycles. The highest BCUT2D eigenvalue weighted by atomic mass is 16.8. The molecule has 1 heterocycles. The Morgan fingerprint density at radius 3 is 2.93 bits per heavy atom. The summed E-state index contributed by atoms with van der Waals surface area (Å²) in [6.07, 6.45) is 3.24. The number of carbonyl (C=O) groups excluding carboxylic acids is 1. The van der Waals surface area contributed by atoms with E-state index in [1.165, 1.54) is 7.11 Å². The fraction of sp³-hybridized carbons (Fsp3) is 0.900. The summed E-state index contributed by atoms with van der Waals surface area (Å²) in [7, 11) is 1.36. The van der Waals surface area contributed by atoms with Crippen LogP contribution in [0, 0.1) is 23.7 Å². The van der Waals surface area contributed by atoms with Crippen molar-refractivity contribution < 1.29 is 19.4 Å². The number of fused-ring (bicyclic) bond motifs is 5. The van der Waals surface area contributed by atoms with Crippen LogP contribution >= 0.6 is 0 Å². The Kier molecular flexibility index (Phi) is 1.55. The lowest BCUT2D eigenvalue weighted by Gasteiger charge is -2.34. The van der Waals surface area contributed by atoms with E-state index in [1.807, 2.05) is 0 Å². The molecule has 4 heteroatoms. The second-order valence-electron chi connectivity index (χ2n) is 4.63. The van der Waals surface area contributed by atoms with Crippen LogP contribution in [0.2, 0.25) is 0 Å². The molecule has 2 saturated carbocycles. The molecule has 3 aliphatic rings. The number of hydrogen-bond acceptors (Lipinski definition) is 3. The highest BCUT2D eigenvalue weighted by molar-refractivity contribution is 5.77. The van der Waals surface area contributed by atoms with Gasteiger partial charge in [-0.2, -0.15) is 0 Å². The van der Waals surface area contributed by atoms with Gasteiger partial charge in [-0.3, -0.25) is 0 Å². The van der Waals surface area contributed by atoms with Crippen molar-refractivity contribution in [1.29, 1.82) is 0 Å². The number of hydrogen-bond donors (Lipinski definition) is 0. The Labute approximate surface area is 82.2 Å². The SMILES string of the molecule is COC1([O-])OC(=[OH+])[C@@H]2[C@@H]3CC[C@@H](C3)[C@@H]21. The van der Waals surface area contributed by atoms with Crippen LogP contribution in [0.5, 0.6) is 0 Å². The number of ether oxygens (including phenoxy) is 2. The first-order chi connectivity index (χ1) is 6.65. The summed E-state index contributed by atoms with van der Waals surface area (Å²) in [5, 5.41) is 12.1. The zero-order chi connectivity index (χ0) is 9.92. The molecule has 14 heavy (non-hydrogen) atoms. The Bertz CT molecular complexity index is 290. The fourth-order valence-corrected chi connectivity index (χ4v) is 3.61.